The molecule has 1 atom stereocenters. The van der Waals surface area contributed by atoms with E-state index >= 15 is 0 Å². The van der Waals surface area contributed by atoms with Gasteiger partial charge >= 0.3 is 0 Å². The van der Waals surface area contributed by atoms with Crippen molar-refractivity contribution >= 4 is 0 Å². The minimum absolute atomic E-state index is 0.468. The van der Waals surface area contributed by atoms with Crippen molar-refractivity contribution in [2.75, 3.05) is 27.3 Å². The summed E-state index contributed by atoms with van der Waals surface area (Å²) >= 11 is 0. The molecule has 1 aliphatic heterocycles. The van der Waals surface area contributed by atoms with Crippen LogP contribution in [0.3, 0.4) is 0 Å². The van der Waals surface area contributed by atoms with Crippen LogP contribution < -0.4 is 15.2 Å². The average molecular weight is 278 g/mol. The van der Waals surface area contributed by atoms with Crippen molar-refractivity contribution < 1.29 is 9.47 Å². The van der Waals surface area contributed by atoms with Crippen molar-refractivity contribution in [3.05, 3.63) is 23.8 Å². The fraction of sp³-hybridized carbons (Fsp3) is 0.625. The maximum absolute atomic E-state index is 5.92. The molecule has 1 heterocycles. The number of piperidine rings is 1. The first-order valence-electron chi connectivity index (χ1n) is 7.44. The average Bonchev–Trinajstić information content (AvgIpc) is 2.49. The monoisotopic (exact) mass is 278 g/mol. The van der Waals surface area contributed by atoms with Gasteiger partial charge in [-0.1, -0.05) is 6.42 Å². The lowest BCUT2D eigenvalue weighted by Gasteiger charge is -2.32. The van der Waals surface area contributed by atoms with Crippen molar-refractivity contribution in [3.63, 3.8) is 0 Å². The number of rotatable bonds is 6. The molecule has 1 aliphatic rings. The van der Waals surface area contributed by atoms with Crippen LogP contribution in [0.15, 0.2) is 18.2 Å². The summed E-state index contributed by atoms with van der Waals surface area (Å²) in [6.07, 6.45) is 5.02. The van der Waals surface area contributed by atoms with Gasteiger partial charge in [0.1, 0.15) is 11.5 Å². The highest BCUT2D eigenvalue weighted by Crippen LogP contribution is 2.24. The standard InChI is InChI=1S/C16H26N2O2/c1-18-9-4-3-5-14(18)8-10-20-16-7-6-15(19-2)11-13(16)12-17/h6-7,11,14H,3-5,8-10,12,17H2,1-2H3. The number of ether oxygens (including phenoxy) is 2. The summed E-state index contributed by atoms with van der Waals surface area (Å²) in [5.74, 6) is 1.71. The normalized spacial score (nSPS) is 19.9. The number of nitrogens with two attached hydrogens (primary N) is 1. The molecule has 0 amide bonds. The quantitative estimate of drug-likeness (QED) is 0.868. The summed E-state index contributed by atoms with van der Waals surface area (Å²) in [6, 6.07) is 6.47. The maximum atomic E-state index is 5.92. The summed E-state index contributed by atoms with van der Waals surface area (Å²) in [5.41, 5.74) is 6.77. The van der Waals surface area contributed by atoms with Gasteiger partial charge < -0.3 is 20.1 Å². The molecule has 1 aromatic carbocycles. The van der Waals surface area contributed by atoms with Crippen LogP contribution in [-0.4, -0.2) is 38.3 Å². The zero-order valence-corrected chi connectivity index (χ0v) is 12.6. The van der Waals surface area contributed by atoms with Crippen molar-refractivity contribution in [2.24, 2.45) is 5.73 Å². The minimum Gasteiger partial charge on any atom is -0.497 e. The largest absolute Gasteiger partial charge is 0.497 e. The van der Waals surface area contributed by atoms with Gasteiger partial charge in [-0.2, -0.15) is 0 Å². The molecule has 4 heteroatoms. The van der Waals surface area contributed by atoms with E-state index in [1.54, 1.807) is 7.11 Å². The summed E-state index contributed by atoms with van der Waals surface area (Å²) in [6.45, 7) is 2.42. The van der Waals surface area contributed by atoms with Gasteiger partial charge in [-0.3, -0.25) is 0 Å². The molecule has 20 heavy (non-hydrogen) atoms. The number of hydrogen-bond donors (Lipinski definition) is 1. The molecule has 0 saturated carbocycles. The highest BCUT2D eigenvalue weighted by molar-refractivity contribution is 5.40. The Kier molecular flexibility index (Phi) is 5.68. The minimum atomic E-state index is 0.468. The van der Waals surface area contributed by atoms with Crippen LogP contribution in [0.25, 0.3) is 0 Å². The third-order valence-corrected chi connectivity index (χ3v) is 4.12. The first-order chi connectivity index (χ1) is 9.74. The molecule has 1 fully saturated rings. The van der Waals surface area contributed by atoms with E-state index in [2.05, 4.69) is 11.9 Å². The third-order valence-electron chi connectivity index (χ3n) is 4.12. The van der Waals surface area contributed by atoms with Crippen LogP contribution in [0.4, 0.5) is 0 Å². The molecule has 0 aliphatic carbocycles. The van der Waals surface area contributed by atoms with Gasteiger partial charge in [-0.25, -0.2) is 0 Å². The lowest BCUT2D eigenvalue weighted by Crippen LogP contribution is -2.37. The third kappa shape index (κ3) is 3.87. The Morgan fingerprint density at radius 3 is 2.90 bits per heavy atom. The van der Waals surface area contributed by atoms with Crippen molar-refractivity contribution in [1.82, 2.24) is 4.90 Å². The fourth-order valence-corrected chi connectivity index (χ4v) is 2.80. The second-order valence-electron chi connectivity index (χ2n) is 5.45. The number of hydrogen-bond acceptors (Lipinski definition) is 4. The predicted octanol–water partition coefficient (Wildman–Crippen LogP) is 2.41. The topological polar surface area (TPSA) is 47.7 Å². The van der Waals surface area contributed by atoms with Crippen LogP contribution in [0.5, 0.6) is 11.5 Å². The molecular formula is C16H26N2O2. The van der Waals surface area contributed by atoms with Crippen molar-refractivity contribution in [3.8, 4) is 11.5 Å². The van der Waals surface area contributed by atoms with Gasteiger partial charge in [-0.15, -0.1) is 0 Å². The Bertz CT molecular complexity index is 423. The first kappa shape index (κ1) is 15.1. The van der Waals surface area contributed by atoms with Gasteiger partial charge in [0.2, 0.25) is 0 Å². The van der Waals surface area contributed by atoms with Crippen LogP contribution in [0, 0.1) is 0 Å². The summed E-state index contributed by atoms with van der Waals surface area (Å²) in [7, 11) is 3.87. The van der Waals surface area contributed by atoms with Gasteiger partial charge in [-0.05, 0) is 51.1 Å². The van der Waals surface area contributed by atoms with E-state index in [9.17, 15) is 0 Å². The molecule has 2 rings (SSSR count). The molecule has 1 saturated heterocycles. The van der Waals surface area contributed by atoms with Crippen LogP contribution in [0.2, 0.25) is 0 Å². The first-order valence-corrected chi connectivity index (χ1v) is 7.44. The number of likely N-dealkylation sites (tertiary alicyclic amines) is 1. The van der Waals surface area contributed by atoms with E-state index in [4.69, 9.17) is 15.2 Å². The number of benzene rings is 1. The van der Waals surface area contributed by atoms with Crippen LogP contribution >= 0.6 is 0 Å². The second kappa shape index (κ2) is 7.50. The SMILES string of the molecule is COc1ccc(OCCC2CCCCN2C)c(CN)c1. The van der Waals surface area contributed by atoms with Crippen molar-refractivity contribution in [2.45, 2.75) is 38.3 Å². The zero-order chi connectivity index (χ0) is 14.4. The molecular weight excluding hydrogens is 252 g/mol. The van der Waals surface area contributed by atoms with E-state index in [0.29, 0.717) is 12.6 Å². The van der Waals surface area contributed by atoms with Crippen molar-refractivity contribution in [1.29, 1.82) is 0 Å². The molecule has 112 valence electrons. The van der Waals surface area contributed by atoms with E-state index in [1.807, 2.05) is 18.2 Å². The Morgan fingerprint density at radius 2 is 2.20 bits per heavy atom. The molecule has 1 unspecified atom stereocenters. The Hall–Kier alpha value is -1.26. The molecule has 0 spiro atoms. The summed E-state index contributed by atoms with van der Waals surface area (Å²) in [4.78, 5) is 2.45. The van der Waals surface area contributed by atoms with E-state index in [-0.39, 0.29) is 0 Å². The van der Waals surface area contributed by atoms with E-state index in [0.717, 1.165) is 30.1 Å². The van der Waals surface area contributed by atoms with Crippen LogP contribution in [-0.2, 0) is 6.54 Å². The number of nitrogens with zero attached hydrogens (tertiary/aromatic N) is 1. The summed E-state index contributed by atoms with van der Waals surface area (Å²) in [5, 5.41) is 0. The van der Waals surface area contributed by atoms with Gasteiger partial charge in [0.25, 0.3) is 0 Å². The Labute approximate surface area is 121 Å². The zero-order valence-electron chi connectivity index (χ0n) is 12.6. The Morgan fingerprint density at radius 1 is 1.35 bits per heavy atom. The lowest BCUT2D eigenvalue weighted by atomic mass is 10.0. The fourth-order valence-electron chi connectivity index (χ4n) is 2.80. The van der Waals surface area contributed by atoms with Gasteiger partial charge in [0.05, 0.1) is 13.7 Å². The van der Waals surface area contributed by atoms with Gasteiger partial charge in [0, 0.05) is 18.2 Å². The Balaban J connectivity index is 1.87. The highest BCUT2D eigenvalue weighted by Gasteiger charge is 2.18. The predicted molar refractivity (Wildman–Crippen MR) is 81.3 cm³/mol. The molecule has 0 bridgehead atoms. The van der Waals surface area contributed by atoms with E-state index in [1.165, 1.54) is 25.8 Å². The second-order valence-corrected chi connectivity index (χ2v) is 5.45. The number of methoxy groups -OCH3 is 1. The molecule has 0 aromatic heterocycles. The smallest absolute Gasteiger partial charge is 0.124 e. The van der Waals surface area contributed by atoms with E-state index < -0.39 is 0 Å². The summed E-state index contributed by atoms with van der Waals surface area (Å²) < 4.78 is 11.1. The van der Waals surface area contributed by atoms with Gasteiger partial charge in [0.15, 0.2) is 0 Å². The molecule has 2 N–H and O–H groups in total. The molecule has 0 radical (unpaired) electrons. The molecule has 4 nitrogen and oxygen atoms in total. The molecule has 1 aromatic rings. The highest BCUT2D eigenvalue weighted by atomic mass is 16.5. The maximum Gasteiger partial charge on any atom is 0.124 e. The lowest BCUT2D eigenvalue weighted by molar-refractivity contribution is 0.153. The van der Waals surface area contributed by atoms with Crippen LogP contribution in [0.1, 0.15) is 31.2 Å².